The van der Waals surface area contributed by atoms with E-state index in [1.165, 1.54) is 6.42 Å². The molecule has 4 heterocycles. The number of rotatable bonds is 0. The minimum Gasteiger partial charge on any atom is -0.323 e. The first kappa shape index (κ1) is 7.17. The van der Waals surface area contributed by atoms with Crippen molar-refractivity contribution in [1.29, 1.82) is 0 Å². The van der Waals surface area contributed by atoms with Gasteiger partial charge in [-0.3, -0.25) is 0 Å². The summed E-state index contributed by atoms with van der Waals surface area (Å²) in [4.78, 5) is 0. The molecule has 5 rings (SSSR count). The van der Waals surface area contributed by atoms with Crippen molar-refractivity contribution in [3.8, 4) is 0 Å². The standard InChI is InChI=1S/C10H12O4/c1-10-6-4-2-3-5(6)9(14-10)12-7(3)11-8(4)13-10/h3-9H,2H2,1H3/t3-,4+,5-,6-,7+,8-,9+,10-/m1/s1. The van der Waals surface area contributed by atoms with Gasteiger partial charge in [0, 0.05) is 23.7 Å². The predicted molar refractivity (Wildman–Crippen MR) is 42.7 cm³/mol. The van der Waals surface area contributed by atoms with Crippen LogP contribution in [0.5, 0.6) is 0 Å². The van der Waals surface area contributed by atoms with Gasteiger partial charge in [0.2, 0.25) is 0 Å². The number of ether oxygens (including phenoxy) is 4. The lowest BCUT2D eigenvalue weighted by atomic mass is 9.86. The first-order chi connectivity index (χ1) is 6.76. The van der Waals surface area contributed by atoms with Crippen molar-refractivity contribution < 1.29 is 18.9 Å². The average molecular weight is 196 g/mol. The summed E-state index contributed by atoms with van der Waals surface area (Å²) >= 11 is 0. The Kier molecular flexibility index (Phi) is 0.909. The van der Waals surface area contributed by atoms with E-state index in [0.717, 1.165) is 0 Å². The van der Waals surface area contributed by atoms with Crippen molar-refractivity contribution in [2.75, 3.05) is 0 Å². The molecule has 5 fully saturated rings. The highest BCUT2D eigenvalue weighted by Crippen LogP contribution is 2.68. The van der Waals surface area contributed by atoms with Gasteiger partial charge in [0.1, 0.15) is 0 Å². The maximum Gasteiger partial charge on any atom is 0.175 e. The Morgan fingerprint density at radius 1 is 1.00 bits per heavy atom. The Hall–Kier alpha value is -0.160. The average Bonchev–Trinajstić information content (AvgIpc) is 2.68. The van der Waals surface area contributed by atoms with E-state index < -0.39 is 5.79 Å². The summed E-state index contributed by atoms with van der Waals surface area (Å²) in [6.07, 6.45) is 1.02. The summed E-state index contributed by atoms with van der Waals surface area (Å²) in [5, 5.41) is 0. The fourth-order valence-corrected chi connectivity index (χ4v) is 4.41. The minimum atomic E-state index is -0.426. The molecule has 4 heteroatoms. The summed E-state index contributed by atoms with van der Waals surface area (Å²) in [6.45, 7) is 2.04. The molecule has 0 N–H and O–H groups in total. The molecule has 2 bridgehead atoms. The summed E-state index contributed by atoms with van der Waals surface area (Å²) in [5.41, 5.74) is 0. The molecule has 0 radical (unpaired) electrons. The van der Waals surface area contributed by atoms with Gasteiger partial charge in [-0.15, -0.1) is 0 Å². The third-order valence-corrected chi connectivity index (χ3v) is 4.77. The van der Waals surface area contributed by atoms with Crippen molar-refractivity contribution in [2.24, 2.45) is 23.7 Å². The second-order valence-electron chi connectivity index (χ2n) is 5.30. The van der Waals surface area contributed by atoms with E-state index in [9.17, 15) is 0 Å². The molecule has 4 aliphatic heterocycles. The Bertz CT molecular complexity index is 326. The zero-order valence-electron chi connectivity index (χ0n) is 7.88. The Morgan fingerprint density at radius 2 is 1.79 bits per heavy atom. The van der Waals surface area contributed by atoms with Gasteiger partial charge in [-0.1, -0.05) is 0 Å². The van der Waals surface area contributed by atoms with Crippen LogP contribution in [-0.4, -0.2) is 24.7 Å². The molecule has 4 nitrogen and oxygen atoms in total. The van der Waals surface area contributed by atoms with Crippen LogP contribution in [0.3, 0.4) is 0 Å². The van der Waals surface area contributed by atoms with Gasteiger partial charge in [-0.2, -0.15) is 0 Å². The quantitative estimate of drug-likeness (QED) is 0.570. The maximum absolute atomic E-state index is 5.87. The van der Waals surface area contributed by atoms with Gasteiger partial charge in [-0.25, -0.2) is 0 Å². The second kappa shape index (κ2) is 1.78. The van der Waals surface area contributed by atoms with Crippen molar-refractivity contribution in [2.45, 2.75) is 38.0 Å². The van der Waals surface area contributed by atoms with Gasteiger partial charge in [0.15, 0.2) is 24.7 Å². The van der Waals surface area contributed by atoms with Gasteiger partial charge >= 0.3 is 0 Å². The van der Waals surface area contributed by atoms with Crippen LogP contribution in [0, 0.1) is 23.7 Å². The molecular formula is C10H12O4. The number of hydrogen-bond donors (Lipinski definition) is 0. The third kappa shape index (κ3) is 0.518. The molecule has 1 saturated carbocycles. The summed E-state index contributed by atoms with van der Waals surface area (Å²) < 4.78 is 23.3. The highest BCUT2D eigenvalue weighted by Gasteiger charge is 2.76. The highest BCUT2D eigenvalue weighted by atomic mass is 16.9. The first-order valence-electron chi connectivity index (χ1n) is 5.43. The predicted octanol–water partition coefficient (Wildman–Crippen LogP) is 0.670. The van der Waals surface area contributed by atoms with E-state index in [1.54, 1.807) is 0 Å². The second-order valence-corrected chi connectivity index (χ2v) is 5.30. The van der Waals surface area contributed by atoms with Crippen molar-refractivity contribution in [1.82, 2.24) is 0 Å². The van der Waals surface area contributed by atoms with E-state index in [-0.39, 0.29) is 18.9 Å². The van der Waals surface area contributed by atoms with Crippen LogP contribution < -0.4 is 0 Å². The normalized spacial score (nSPS) is 76.5. The van der Waals surface area contributed by atoms with Crippen molar-refractivity contribution in [3.05, 3.63) is 0 Å². The molecule has 5 aliphatic rings. The van der Waals surface area contributed by atoms with Crippen molar-refractivity contribution in [3.63, 3.8) is 0 Å². The molecule has 1 aliphatic carbocycles. The van der Waals surface area contributed by atoms with E-state index in [1.807, 2.05) is 6.92 Å². The lowest BCUT2D eigenvalue weighted by Crippen LogP contribution is -2.40. The topological polar surface area (TPSA) is 36.9 Å². The SMILES string of the molecule is C[C@@]12O[C@H]3O[C@H]4O[C@@H](O1)[C@@H]1[C@H]4C[C@H]3[C@H]12. The molecule has 8 atom stereocenters. The van der Waals surface area contributed by atoms with E-state index >= 15 is 0 Å². The molecule has 76 valence electrons. The Balaban J connectivity index is 1.79. The molecular weight excluding hydrogens is 184 g/mol. The zero-order valence-corrected chi connectivity index (χ0v) is 7.88. The van der Waals surface area contributed by atoms with Crippen LogP contribution in [0.4, 0.5) is 0 Å². The monoisotopic (exact) mass is 196 g/mol. The van der Waals surface area contributed by atoms with Crippen LogP contribution in [0.2, 0.25) is 0 Å². The minimum absolute atomic E-state index is 0.0545. The van der Waals surface area contributed by atoms with Crippen LogP contribution in [0.1, 0.15) is 13.3 Å². The Labute approximate surface area is 81.4 Å². The van der Waals surface area contributed by atoms with E-state index in [2.05, 4.69) is 0 Å². The van der Waals surface area contributed by atoms with Gasteiger partial charge in [0.25, 0.3) is 0 Å². The summed E-state index contributed by atoms with van der Waals surface area (Å²) in [5.74, 6) is 1.74. The van der Waals surface area contributed by atoms with Crippen LogP contribution >= 0.6 is 0 Å². The molecule has 0 aromatic carbocycles. The summed E-state index contributed by atoms with van der Waals surface area (Å²) in [6, 6.07) is 0. The fraction of sp³-hybridized carbons (Fsp3) is 1.00. The molecule has 0 amide bonds. The molecule has 14 heavy (non-hydrogen) atoms. The van der Waals surface area contributed by atoms with Crippen LogP contribution in [0.25, 0.3) is 0 Å². The molecule has 0 unspecified atom stereocenters. The Morgan fingerprint density at radius 3 is 2.71 bits per heavy atom. The van der Waals surface area contributed by atoms with Crippen LogP contribution in [0.15, 0.2) is 0 Å². The smallest absolute Gasteiger partial charge is 0.175 e. The highest BCUT2D eigenvalue weighted by molar-refractivity contribution is 5.12. The molecule has 4 saturated heterocycles. The molecule has 0 spiro atoms. The zero-order chi connectivity index (χ0) is 9.08. The number of hydrogen-bond acceptors (Lipinski definition) is 4. The van der Waals surface area contributed by atoms with Gasteiger partial charge < -0.3 is 18.9 Å². The first-order valence-corrected chi connectivity index (χ1v) is 5.43. The summed E-state index contributed by atoms with van der Waals surface area (Å²) in [7, 11) is 0. The lowest BCUT2D eigenvalue weighted by molar-refractivity contribution is -0.376. The fourth-order valence-electron chi connectivity index (χ4n) is 4.41. The largest absolute Gasteiger partial charge is 0.323 e. The van der Waals surface area contributed by atoms with E-state index in [0.29, 0.717) is 23.7 Å². The van der Waals surface area contributed by atoms with Crippen LogP contribution in [-0.2, 0) is 18.9 Å². The van der Waals surface area contributed by atoms with E-state index in [4.69, 9.17) is 18.9 Å². The molecule has 0 aromatic rings. The van der Waals surface area contributed by atoms with Gasteiger partial charge in [-0.05, 0) is 13.3 Å². The lowest BCUT2D eigenvalue weighted by Gasteiger charge is -2.33. The van der Waals surface area contributed by atoms with Crippen molar-refractivity contribution >= 4 is 0 Å². The maximum atomic E-state index is 5.87. The third-order valence-electron chi connectivity index (χ3n) is 4.77. The molecule has 0 aromatic heterocycles. The van der Waals surface area contributed by atoms with Gasteiger partial charge in [0.05, 0.1) is 0 Å².